The van der Waals surface area contributed by atoms with Crippen molar-refractivity contribution in [3.63, 3.8) is 0 Å². The summed E-state index contributed by atoms with van der Waals surface area (Å²) in [4.78, 5) is 26.5. The number of halogens is 1. The fraction of sp³-hybridized carbons (Fsp3) is 0.250. The van der Waals surface area contributed by atoms with E-state index in [1.807, 2.05) is 36.9 Å². The van der Waals surface area contributed by atoms with Crippen LogP contribution in [-0.4, -0.2) is 23.3 Å². The van der Waals surface area contributed by atoms with Gasteiger partial charge in [0.05, 0.1) is 5.56 Å². The maximum absolute atomic E-state index is 13.9. The largest absolute Gasteiger partial charge is 0.461 e. The second kappa shape index (κ2) is 8.14. The lowest BCUT2D eigenvalue weighted by Crippen LogP contribution is -2.37. The van der Waals surface area contributed by atoms with Gasteiger partial charge in [0.1, 0.15) is 17.3 Å². The molecule has 2 heterocycles. The molecule has 1 N–H and O–H groups in total. The van der Waals surface area contributed by atoms with Crippen molar-refractivity contribution >= 4 is 17.5 Å². The van der Waals surface area contributed by atoms with Crippen LogP contribution in [0.3, 0.4) is 0 Å². The molecule has 0 spiro atoms. The van der Waals surface area contributed by atoms with Crippen molar-refractivity contribution in [1.82, 2.24) is 4.90 Å². The van der Waals surface area contributed by atoms with Gasteiger partial charge in [-0.1, -0.05) is 38.1 Å². The molecule has 154 valence electrons. The summed E-state index contributed by atoms with van der Waals surface area (Å²) in [5.74, 6) is 0.602. The first kappa shape index (κ1) is 19.9. The van der Waals surface area contributed by atoms with Crippen LogP contribution in [0.4, 0.5) is 10.1 Å². The minimum absolute atomic E-state index is 0.00808. The molecule has 0 radical (unpaired) electrons. The maximum Gasteiger partial charge on any atom is 0.258 e. The van der Waals surface area contributed by atoms with Crippen molar-refractivity contribution in [2.24, 2.45) is 5.92 Å². The van der Waals surface area contributed by atoms with E-state index in [-0.39, 0.29) is 17.4 Å². The quantitative estimate of drug-likeness (QED) is 0.672. The Bertz CT molecular complexity index is 1100. The molecule has 1 aromatic heterocycles. The smallest absolute Gasteiger partial charge is 0.258 e. The first-order chi connectivity index (χ1) is 14.4. The third kappa shape index (κ3) is 3.99. The third-order valence-electron chi connectivity index (χ3n) is 5.20. The van der Waals surface area contributed by atoms with Gasteiger partial charge in [-0.25, -0.2) is 4.39 Å². The Balaban J connectivity index is 1.53. The van der Waals surface area contributed by atoms with Crippen molar-refractivity contribution in [1.29, 1.82) is 0 Å². The van der Waals surface area contributed by atoms with E-state index in [9.17, 15) is 14.0 Å². The van der Waals surface area contributed by atoms with Gasteiger partial charge in [-0.2, -0.15) is 0 Å². The van der Waals surface area contributed by atoms with Crippen molar-refractivity contribution < 1.29 is 18.4 Å². The van der Waals surface area contributed by atoms with Crippen LogP contribution in [-0.2, 0) is 17.8 Å². The lowest BCUT2D eigenvalue weighted by atomic mass is 10.1. The average molecular weight is 406 g/mol. The molecule has 0 aliphatic carbocycles. The van der Waals surface area contributed by atoms with E-state index >= 15 is 0 Å². The highest BCUT2D eigenvalue weighted by atomic mass is 19.1. The highest BCUT2D eigenvalue weighted by Gasteiger charge is 2.25. The molecular weight excluding hydrogens is 383 g/mol. The van der Waals surface area contributed by atoms with E-state index in [1.54, 1.807) is 24.3 Å². The molecule has 0 fully saturated rings. The summed E-state index contributed by atoms with van der Waals surface area (Å²) in [6.45, 7) is 4.99. The molecule has 3 aromatic rings. The molecule has 2 aromatic carbocycles. The molecular formula is C24H23FN2O3. The van der Waals surface area contributed by atoms with E-state index in [0.29, 0.717) is 31.0 Å². The second-order valence-corrected chi connectivity index (χ2v) is 7.74. The maximum atomic E-state index is 13.9. The molecule has 0 saturated carbocycles. The third-order valence-corrected chi connectivity index (χ3v) is 5.20. The predicted octanol–water partition coefficient (Wildman–Crippen LogP) is 4.88. The monoisotopic (exact) mass is 406 g/mol. The van der Waals surface area contributed by atoms with Crippen molar-refractivity contribution in [2.75, 3.05) is 11.9 Å². The van der Waals surface area contributed by atoms with Gasteiger partial charge in [-0.3, -0.25) is 9.59 Å². The van der Waals surface area contributed by atoms with E-state index in [2.05, 4.69) is 5.32 Å². The van der Waals surface area contributed by atoms with E-state index in [4.69, 9.17) is 4.42 Å². The van der Waals surface area contributed by atoms with E-state index in [0.717, 1.165) is 16.9 Å². The summed E-state index contributed by atoms with van der Waals surface area (Å²) in [7, 11) is 0. The van der Waals surface area contributed by atoms with Gasteiger partial charge in [-0.15, -0.1) is 0 Å². The summed E-state index contributed by atoms with van der Waals surface area (Å²) < 4.78 is 19.9. The average Bonchev–Trinajstić information content (AvgIpc) is 3.17. The van der Waals surface area contributed by atoms with Gasteiger partial charge in [0.2, 0.25) is 5.91 Å². The minimum Gasteiger partial charge on any atom is -0.461 e. The number of rotatable bonds is 4. The van der Waals surface area contributed by atoms with Crippen LogP contribution in [0.15, 0.2) is 59.0 Å². The summed E-state index contributed by atoms with van der Waals surface area (Å²) in [6, 6.07) is 15.0. The highest BCUT2D eigenvalue weighted by molar-refractivity contribution is 6.04. The van der Waals surface area contributed by atoms with Gasteiger partial charge in [0, 0.05) is 42.2 Å². The van der Waals surface area contributed by atoms with Gasteiger partial charge < -0.3 is 14.6 Å². The molecule has 2 amide bonds. The fourth-order valence-electron chi connectivity index (χ4n) is 3.62. The lowest BCUT2D eigenvalue weighted by Gasteiger charge is -2.27. The number of carbonyl (C=O) groups excluding carboxylic acids is 2. The molecule has 5 nitrogen and oxygen atoms in total. The van der Waals surface area contributed by atoms with Crippen LogP contribution in [0.1, 0.15) is 35.5 Å². The second-order valence-electron chi connectivity index (χ2n) is 7.74. The Morgan fingerprint density at radius 2 is 1.90 bits per heavy atom. The molecule has 30 heavy (non-hydrogen) atoms. The van der Waals surface area contributed by atoms with Crippen LogP contribution in [0.25, 0.3) is 11.3 Å². The molecule has 0 bridgehead atoms. The van der Waals surface area contributed by atoms with Crippen LogP contribution in [0, 0.1) is 11.7 Å². The zero-order valence-electron chi connectivity index (χ0n) is 16.9. The Morgan fingerprint density at radius 3 is 2.67 bits per heavy atom. The first-order valence-corrected chi connectivity index (χ1v) is 9.99. The predicted molar refractivity (Wildman–Crippen MR) is 112 cm³/mol. The number of hydrogen-bond acceptors (Lipinski definition) is 3. The molecule has 0 saturated heterocycles. The van der Waals surface area contributed by atoms with Crippen molar-refractivity contribution in [3.8, 4) is 11.3 Å². The molecule has 4 rings (SSSR count). The van der Waals surface area contributed by atoms with Crippen molar-refractivity contribution in [2.45, 2.75) is 26.8 Å². The summed E-state index contributed by atoms with van der Waals surface area (Å²) in [5, 5.41) is 2.73. The molecule has 1 aliphatic heterocycles. The number of nitrogens with zero attached hydrogens (tertiary/aromatic N) is 1. The zero-order valence-corrected chi connectivity index (χ0v) is 16.9. The number of carbonyl (C=O) groups is 2. The number of amides is 2. The zero-order chi connectivity index (χ0) is 21.3. The molecule has 1 aliphatic rings. The van der Waals surface area contributed by atoms with E-state index in [1.165, 1.54) is 12.1 Å². The number of benzene rings is 2. The lowest BCUT2D eigenvalue weighted by molar-refractivity contribution is -0.135. The summed E-state index contributed by atoms with van der Waals surface area (Å²) in [6.07, 6.45) is 0.678. The van der Waals surface area contributed by atoms with Gasteiger partial charge >= 0.3 is 0 Å². The summed E-state index contributed by atoms with van der Waals surface area (Å²) in [5.41, 5.74) is 2.35. The number of furan rings is 1. The Morgan fingerprint density at radius 1 is 1.10 bits per heavy atom. The van der Waals surface area contributed by atoms with Crippen molar-refractivity contribution in [3.05, 3.63) is 77.3 Å². The Kier molecular flexibility index (Phi) is 5.40. The standard InChI is InChI=1S/C24H23FN2O3/c1-15(2)24(29)27-11-10-21-17(14-27)13-22(30-21)16-6-5-7-18(12-16)26-23(28)19-8-3-4-9-20(19)25/h3-9,12-13,15H,10-11,14H2,1-2H3,(H,26,28). The van der Waals surface area contributed by atoms with Gasteiger partial charge in [0.15, 0.2) is 0 Å². The van der Waals surface area contributed by atoms with Gasteiger partial charge in [-0.05, 0) is 30.3 Å². The van der Waals surface area contributed by atoms with Crippen LogP contribution < -0.4 is 5.32 Å². The number of nitrogens with one attached hydrogen (secondary N) is 1. The number of fused-ring (bicyclic) bond motifs is 1. The highest BCUT2D eigenvalue weighted by Crippen LogP contribution is 2.31. The molecule has 0 unspecified atom stereocenters. The first-order valence-electron chi connectivity index (χ1n) is 9.99. The van der Waals surface area contributed by atoms with Gasteiger partial charge in [0.25, 0.3) is 5.91 Å². The minimum atomic E-state index is -0.564. The van der Waals surface area contributed by atoms with E-state index < -0.39 is 11.7 Å². The van der Waals surface area contributed by atoms with Crippen LogP contribution in [0.2, 0.25) is 0 Å². The Labute approximate surface area is 174 Å². The summed E-state index contributed by atoms with van der Waals surface area (Å²) >= 11 is 0. The van der Waals surface area contributed by atoms with Crippen LogP contribution >= 0.6 is 0 Å². The number of anilines is 1. The topological polar surface area (TPSA) is 62.6 Å². The Hall–Kier alpha value is -3.41. The number of hydrogen-bond donors (Lipinski definition) is 1. The normalized spacial score (nSPS) is 13.3. The SMILES string of the molecule is CC(C)C(=O)N1CCc2oc(-c3cccc(NC(=O)c4ccccc4F)c3)cc2C1. The molecule has 0 atom stereocenters. The molecule has 6 heteroatoms. The fourth-order valence-corrected chi connectivity index (χ4v) is 3.62. The van der Waals surface area contributed by atoms with Crippen LogP contribution in [0.5, 0.6) is 0 Å².